The minimum Gasteiger partial charge on any atom is -0.307 e. The van der Waals surface area contributed by atoms with Crippen molar-refractivity contribution in [2.24, 2.45) is 0 Å². The monoisotopic (exact) mass is 494 g/mol. The lowest BCUT2D eigenvalue weighted by molar-refractivity contribution is 0.102. The fourth-order valence-electron chi connectivity index (χ4n) is 4.63. The van der Waals surface area contributed by atoms with E-state index in [4.69, 9.17) is 0 Å². The summed E-state index contributed by atoms with van der Waals surface area (Å²) < 4.78 is 52.8. The number of nitrogens with one attached hydrogen (secondary N) is 1. The van der Waals surface area contributed by atoms with Crippen LogP contribution in [0.5, 0.6) is 0 Å². The Labute approximate surface area is 195 Å². The molecule has 1 atom stereocenters. The van der Waals surface area contributed by atoms with Crippen LogP contribution >= 0.6 is 0 Å². The summed E-state index contributed by atoms with van der Waals surface area (Å²) in [5.74, 6) is 0.114. The van der Waals surface area contributed by atoms with Gasteiger partial charge in [0, 0.05) is 24.7 Å². The number of carbonyl (C=O) groups excluding carboxylic acids is 1. The molecule has 11 heteroatoms. The van der Waals surface area contributed by atoms with Gasteiger partial charge in [0.2, 0.25) is 10.0 Å². The lowest BCUT2D eigenvalue weighted by Gasteiger charge is -2.30. The maximum Gasteiger partial charge on any atom is 0.256 e. The third-order valence-electron chi connectivity index (χ3n) is 6.54. The maximum absolute atomic E-state index is 13.0. The standard InChI is InChI=1S/C22H30N4O5S2/c1-16-14-21(26(24-16)19-12-13-32(28,29)15-19)23-22(27)17-8-10-20(11-9-17)33(30,31)25(2)18-6-4-3-5-7-18/h8-11,14,18-19H,3-7,12-13,15H2,1-2H3,(H,23,27). The van der Waals surface area contributed by atoms with Crippen molar-refractivity contribution >= 4 is 31.6 Å². The lowest BCUT2D eigenvalue weighted by Crippen LogP contribution is -2.38. The Kier molecular flexibility index (Phi) is 6.66. The molecule has 2 fully saturated rings. The second-order valence-corrected chi connectivity index (χ2v) is 13.2. The number of hydrogen-bond acceptors (Lipinski definition) is 6. The van der Waals surface area contributed by atoms with Gasteiger partial charge in [-0.25, -0.2) is 21.5 Å². The van der Waals surface area contributed by atoms with Crippen LogP contribution in [0, 0.1) is 6.92 Å². The van der Waals surface area contributed by atoms with Gasteiger partial charge in [-0.2, -0.15) is 9.40 Å². The van der Waals surface area contributed by atoms with Gasteiger partial charge in [0.1, 0.15) is 5.82 Å². The summed E-state index contributed by atoms with van der Waals surface area (Å²) in [6, 6.07) is 7.28. The van der Waals surface area contributed by atoms with Crippen molar-refractivity contribution in [2.45, 2.75) is 62.4 Å². The predicted octanol–water partition coefficient (Wildman–Crippen LogP) is 2.76. The summed E-state index contributed by atoms with van der Waals surface area (Å²) in [6.45, 7) is 1.78. The first-order valence-corrected chi connectivity index (χ1v) is 14.5. The first-order valence-electron chi connectivity index (χ1n) is 11.2. The fourth-order valence-corrected chi connectivity index (χ4v) is 7.74. The third kappa shape index (κ3) is 5.15. The Bertz CT molecular complexity index is 1230. The molecule has 9 nitrogen and oxygen atoms in total. The number of carbonyl (C=O) groups is 1. The van der Waals surface area contributed by atoms with E-state index in [-0.39, 0.29) is 28.5 Å². The molecule has 1 saturated carbocycles. The van der Waals surface area contributed by atoms with Gasteiger partial charge in [0.25, 0.3) is 5.91 Å². The van der Waals surface area contributed by atoms with Crippen molar-refractivity contribution in [3.05, 3.63) is 41.6 Å². The molecule has 0 spiro atoms. The average molecular weight is 495 g/mol. The number of amides is 1. The largest absolute Gasteiger partial charge is 0.307 e. The molecule has 33 heavy (non-hydrogen) atoms. The van der Waals surface area contributed by atoms with E-state index in [0.29, 0.717) is 23.5 Å². The van der Waals surface area contributed by atoms with E-state index < -0.39 is 25.8 Å². The first kappa shape index (κ1) is 23.9. The van der Waals surface area contributed by atoms with E-state index in [2.05, 4.69) is 10.4 Å². The van der Waals surface area contributed by atoms with E-state index in [1.54, 1.807) is 24.7 Å². The number of rotatable bonds is 6. The van der Waals surface area contributed by atoms with Gasteiger partial charge in [-0.05, 0) is 50.5 Å². The molecule has 1 saturated heterocycles. The van der Waals surface area contributed by atoms with Crippen LogP contribution in [0.25, 0.3) is 0 Å². The summed E-state index contributed by atoms with van der Waals surface area (Å²) in [7, 11) is -5.11. The van der Waals surface area contributed by atoms with Gasteiger partial charge >= 0.3 is 0 Å². The summed E-state index contributed by atoms with van der Waals surface area (Å²) in [5.41, 5.74) is 0.973. The van der Waals surface area contributed by atoms with Crippen molar-refractivity contribution < 1.29 is 21.6 Å². The number of aryl methyl sites for hydroxylation is 1. The number of nitrogens with zero attached hydrogens (tertiary/aromatic N) is 3. The third-order valence-corrected chi connectivity index (χ3v) is 10.2. The molecule has 1 aromatic heterocycles. The number of benzene rings is 1. The van der Waals surface area contributed by atoms with E-state index in [1.807, 2.05) is 0 Å². The summed E-state index contributed by atoms with van der Waals surface area (Å²) >= 11 is 0. The van der Waals surface area contributed by atoms with Crippen LogP contribution in [0.1, 0.15) is 60.6 Å². The Morgan fingerprint density at radius 3 is 2.39 bits per heavy atom. The fraction of sp³-hybridized carbons (Fsp3) is 0.545. The molecule has 2 aromatic rings. The van der Waals surface area contributed by atoms with Crippen LogP contribution in [0.3, 0.4) is 0 Å². The van der Waals surface area contributed by atoms with Crippen molar-refractivity contribution in [3.63, 3.8) is 0 Å². The SMILES string of the molecule is Cc1cc(NC(=O)c2ccc(S(=O)(=O)N(C)C3CCCCC3)cc2)n(C2CCS(=O)(=O)C2)n1. The Balaban J connectivity index is 1.48. The molecular weight excluding hydrogens is 464 g/mol. The highest BCUT2D eigenvalue weighted by molar-refractivity contribution is 7.91. The number of hydrogen-bond donors (Lipinski definition) is 1. The van der Waals surface area contributed by atoms with Gasteiger partial charge in [0.05, 0.1) is 28.1 Å². The minimum absolute atomic E-state index is 0.00193. The first-order chi connectivity index (χ1) is 15.6. The van der Waals surface area contributed by atoms with Crippen molar-refractivity contribution in [1.29, 1.82) is 0 Å². The molecule has 0 bridgehead atoms. The predicted molar refractivity (Wildman–Crippen MR) is 125 cm³/mol. The van der Waals surface area contributed by atoms with Gasteiger partial charge < -0.3 is 5.32 Å². The topological polar surface area (TPSA) is 118 Å². The van der Waals surface area contributed by atoms with Gasteiger partial charge in [-0.3, -0.25) is 4.79 Å². The summed E-state index contributed by atoms with van der Waals surface area (Å²) in [4.78, 5) is 13.0. The average Bonchev–Trinajstić information content (AvgIpc) is 3.34. The van der Waals surface area contributed by atoms with E-state index in [0.717, 1.165) is 32.1 Å². The normalized spacial score (nSPS) is 21.4. The molecule has 1 aromatic carbocycles. The molecule has 1 N–H and O–H groups in total. The Morgan fingerprint density at radius 1 is 1.12 bits per heavy atom. The Hall–Kier alpha value is -2.24. The summed E-state index contributed by atoms with van der Waals surface area (Å²) in [6.07, 6.45) is 5.40. The molecular formula is C22H30N4O5S2. The summed E-state index contributed by atoms with van der Waals surface area (Å²) in [5, 5.41) is 7.16. The highest BCUT2D eigenvalue weighted by Crippen LogP contribution is 2.28. The van der Waals surface area contributed by atoms with E-state index in [1.165, 1.54) is 28.6 Å². The number of aromatic nitrogens is 2. The molecule has 2 aliphatic rings. The van der Waals surface area contributed by atoms with Crippen LogP contribution in [-0.4, -0.2) is 61.4 Å². The molecule has 0 radical (unpaired) electrons. The molecule has 180 valence electrons. The zero-order valence-electron chi connectivity index (χ0n) is 18.9. The van der Waals surface area contributed by atoms with Crippen LogP contribution in [-0.2, 0) is 19.9 Å². The van der Waals surface area contributed by atoms with E-state index in [9.17, 15) is 21.6 Å². The number of sulfone groups is 1. The second-order valence-electron chi connectivity index (χ2n) is 8.96. The molecule has 4 rings (SSSR count). The van der Waals surface area contributed by atoms with Crippen molar-refractivity contribution in [1.82, 2.24) is 14.1 Å². The Morgan fingerprint density at radius 2 is 1.79 bits per heavy atom. The van der Waals surface area contributed by atoms with Crippen LogP contribution < -0.4 is 5.32 Å². The molecule has 1 unspecified atom stereocenters. The molecule has 1 aliphatic carbocycles. The van der Waals surface area contributed by atoms with Gasteiger partial charge in [0.15, 0.2) is 9.84 Å². The van der Waals surface area contributed by atoms with E-state index >= 15 is 0 Å². The molecule has 1 aliphatic heterocycles. The van der Waals surface area contributed by atoms with Crippen LogP contribution in [0.4, 0.5) is 5.82 Å². The minimum atomic E-state index is -3.63. The number of anilines is 1. The highest BCUT2D eigenvalue weighted by Gasteiger charge is 2.32. The van der Waals surface area contributed by atoms with Crippen LogP contribution in [0.2, 0.25) is 0 Å². The molecule has 2 heterocycles. The smallest absolute Gasteiger partial charge is 0.256 e. The highest BCUT2D eigenvalue weighted by atomic mass is 32.2. The van der Waals surface area contributed by atoms with Crippen molar-refractivity contribution in [3.8, 4) is 0 Å². The zero-order chi connectivity index (χ0) is 23.8. The van der Waals surface area contributed by atoms with Crippen LogP contribution in [0.15, 0.2) is 35.2 Å². The zero-order valence-corrected chi connectivity index (χ0v) is 20.5. The van der Waals surface area contributed by atoms with Gasteiger partial charge in [-0.15, -0.1) is 0 Å². The quantitative estimate of drug-likeness (QED) is 0.660. The van der Waals surface area contributed by atoms with Crippen molar-refractivity contribution in [2.75, 3.05) is 23.9 Å². The van der Waals surface area contributed by atoms with Gasteiger partial charge in [-0.1, -0.05) is 19.3 Å². The maximum atomic E-state index is 13.0. The molecule has 1 amide bonds. The number of sulfonamides is 1. The lowest BCUT2D eigenvalue weighted by atomic mass is 9.96. The second kappa shape index (κ2) is 9.19.